The number of nitrogens with one attached hydrogen (secondary N) is 2. The Labute approximate surface area is 126 Å². The molecule has 8 nitrogen and oxygen atoms in total. The quantitative estimate of drug-likeness (QED) is 0.889. The molecule has 2 aromatic rings. The van der Waals surface area contributed by atoms with E-state index in [9.17, 15) is 9.59 Å². The lowest BCUT2D eigenvalue weighted by Crippen LogP contribution is -2.39. The van der Waals surface area contributed by atoms with Crippen molar-refractivity contribution >= 4 is 5.91 Å². The van der Waals surface area contributed by atoms with E-state index in [0.717, 1.165) is 19.3 Å². The number of hydrogen-bond donors (Lipinski definition) is 2. The Morgan fingerprint density at radius 2 is 2.27 bits per heavy atom. The minimum absolute atomic E-state index is 0.196. The lowest BCUT2D eigenvalue weighted by Gasteiger charge is -2.33. The van der Waals surface area contributed by atoms with Crippen LogP contribution in [0.15, 0.2) is 9.21 Å². The van der Waals surface area contributed by atoms with Crippen molar-refractivity contribution in [3.05, 3.63) is 33.7 Å². The number of amides is 1. The van der Waals surface area contributed by atoms with Crippen LogP contribution in [0.5, 0.6) is 0 Å². The highest BCUT2D eigenvalue weighted by atomic mass is 16.4. The van der Waals surface area contributed by atoms with E-state index in [1.807, 2.05) is 6.92 Å². The topological polar surface area (TPSA) is 108 Å². The number of aromatic amines is 2. The first-order valence-electron chi connectivity index (χ1n) is 7.52. The van der Waals surface area contributed by atoms with Crippen LogP contribution in [0.4, 0.5) is 0 Å². The number of aromatic nitrogens is 4. The molecule has 1 amide bonds. The molecule has 0 bridgehead atoms. The van der Waals surface area contributed by atoms with Gasteiger partial charge in [-0.15, -0.1) is 0 Å². The zero-order chi connectivity index (χ0) is 15.7. The maximum Gasteiger partial charge on any atom is 0.340 e. The van der Waals surface area contributed by atoms with Gasteiger partial charge in [0, 0.05) is 13.0 Å². The molecule has 22 heavy (non-hydrogen) atoms. The monoisotopic (exact) mass is 305 g/mol. The van der Waals surface area contributed by atoms with Gasteiger partial charge in [0.1, 0.15) is 0 Å². The molecular weight excluding hydrogens is 286 g/mol. The van der Waals surface area contributed by atoms with Crippen molar-refractivity contribution in [1.29, 1.82) is 0 Å². The minimum Gasteiger partial charge on any atom is -0.435 e. The Balaban J connectivity index is 1.91. The molecule has 0 saturated carbocycles. The maximum absolute atomic E-state index is 12.8. The zero-order valence-electron chi connectivity index (χ0n) is 12.7. The Kier molecular flexibility index (Phi) is 3.82. The minimum atomic E-state index is -0.364. The van der Waals surface area contributed by atoms with Crippen molar-refractivity contribution in [3.8, 4) is 0 Å². The third-order valence-corrected chi connectivity index (χ3v) is 3.94. The van der Waals surface area contributed by atoms with Gasteiger partial charge in [0.25, 0.3) is 5.91 Å². The summed E-state index contributed by atoms with van der Waals surface area (Å²) in [6.07, 6.45) is 3.31. The van der Waals surface area contributed by atoms with Gasteiger partial charge in [-0.2, -0.15) is 5.10 Å². The van der Waals surface area contributed by atoms with E-state index in [1.54, 1.807) is 11.8 Å². The van der Waals surface area contributed by atoms with Crippen molar-refractivity contribution < 1.29 is 9.21 Å². The number of H-pyrrole nitrogens is 2. The first-order chi connectivity index (χ1) is 10.6. The molecule has 118 valence electrons. The zero-order valence-corrected chi connectivity index (χ0v) is 12.7. The van der Waals surface area contributed by atoms with Gasteiger partial charge in [-0.1, -0.05) is 6.92 Å². The summed E-state index contributed by atoms with van der Waals surface area (Å²) in [6.45, 7) is 4.31. The molecule has 0 spiro atoms. The standard InChI is InChI=1S/C14H19N5O3/c1-3-10-15-8(2)11(22-10)13(20)19-7-5-4-6-9(19)12-16-14(21)18-17-12/h9H,3-7H2,1-2H3,(H2,16,17,18,21). The van der Waals surface area contributed by atoms with E-state index in [2.05, 4.69) is 20.2 Å². The van der Waals surface area contributed by atoms with Crippen LogP contribution < -0.4 is 5.69 Å². The number of piperidine rings is 1. The Morgan fingerprint density at radius 1 is 1.45 bits per heavy atom. The van der Waals surface area contributed by atoms with Gasteiger partial charge >= 0.3 is 5.69 Å². The van der Waals surface area contributed by atoms with Crippen molar-refractivity contribution in [1.82, 2.24) is 25.1 Å². The predicted octanol–water partition coefficient (Wildman–Crippen LogP) is 1.32. The van der Waals surface area contributed by atoms with Gasteiger partial charge in [-0.3, -0.25) is 9.78 Å². The smallest absolute Gasteiger partial charge is 0.340 e. The predicted molar refractivity (Wildman–Crippen MR) is 77.5 cm³/mol. The van der Waals surface area contributed by atoms with E-state index in [0.29, 0.717) is 30.4 Å². The molecule has 1 saturated heterocycles. The fourth-order valence-corrected chi connectivity index (χ4v) is 2.83. The van der Waals surface area contributed by atoms with Crippen LogP contribution in [-0.2, 0) is 6.42 Å². The van der Waals surface area contributed by atoms with Crippen molar-refractivity contribution in [3.63, 3.8) is 0 Å². The lowest BCUT2D eigenvalue weighted by atomic mass is 10.0. The van der Waals surface area contributed by atoms with Crippen LogP contribution in [0.2, 0.25) is 0 Å². The van der Waals surface area contributed by atoms with E-state index in [4.69, 9.17) is 4.42 Å². The fraction of sp³-hybridized carbons (Fsp3) is 0.571. The average Bonchev–Trinajstić information content (AvgIpc) is 3.12. The second-order valence-corrected chi connectivity index (χ2v) is 5.45. The highest BCUT2D eigenvalue weighted by Gasteiger charge is 2.33. The Morgan fingerprint density at radius 3 is 2.91 bits per heavy atom. The van der Waals surface area contributed by atoms with Crippen molar-refractivity contribution in [2.75, 3.05) is 6.54 Å². The molecule has 1 atom stereocenters. The number of aryl methyl sites for hydroxylation is 2. The van der Waals surface area contributed by atoms with Crippen LogP contribution >= 0.6 is 0 Å². The third-order valence-electron chi connectivity index (χ3n) is 3.94. The molecule has 0 aliphatic carbocycles. The summed E-state index contributed by atoms with van der Waals surface area (Å²) in [5.41, 5.74) is 0.235. The molecule has 8 heteroatoms. The fourth-order valence-electron chi connectivity index (χ4n) is 2.83. The average molecular weight is 305 g/mol. The van der Waals surface area contributed by atoms with E-state index < -0.39 is 0 Å². The van der Waals surface area contributed by atoms with Gasteiger partial charge in [-0.25, -0.2) is 14.9 Å². The number of likely N-dealkylation sites (tertiary alicyclic amines) is 1. The Hall–Kier alpha value is -2.38. The summed E-state index contributed by atoms with van der Waals surface area (Å²) in [4.78, 5) is 32.7. The van der Waals surface area contributed by atoms with Gasteiger partial charge in [-0.05, 0) is 26.2 Å². The van der Waals surface area contributed by atoms with Gasteiger partial charge in [0.05, 0.1) is 11.7 Å². The summed E-state index contributed by atoms with van der Waals surface area (Å²) in [7, 11) is 0. The highest BCUT2D eigenvalue weighted by Crippen LogP contribution is 2.30. The van der Waals surface area contributed by atoms with E-state index in [1.165, 1.54) is 0 Å². The SMILES string of the molecule is CCc1nc(C)c(C(=O)N2CCCCC2c2n[nH]c(=O)[nH]2)o1. The van der Waals surface area contributed by atoms with Crippen LogP contribution in [0, 0.1) is 6.92 Å². The van der Waals surface area contributed by atoms with Crippen LogP contribution in [-0.4, -0.2) is 37.5 Å². The first kappa shape index (κ1) is 14.6. The molecule has 3 heterocycles. The summed E-state index contributed by atoms with van der Waals surface area (Å²) in [5, 5.41) is 6.33. The van der Waals surface area contributed by atoms with Crippen molar-refractivity contribution in [2.24, 2.45) is 0 Å². The second-order valence-electron chi connectivity index (χ2n) is 5.45. The number of carbonyl (C=O) groups excluding carboxylic acids is 1. The van der Waals surface area contributed by atoms with Gasteiger partial charge in [0.2, 0.25) is 5.76 Å². The summed E-state index contributed by atoms with van der Waals surface area (Å²) in [5.74, 6) is 1.13. The molecule has 0 radical (unpaired) electrons. The molecule has 2 N–H and O–H groups in total. The first-order valence-corrected chi connectivity index (χ1v) is 7.52. The molecule has 0 aromatic carbocycles. The molecule has 3 rings (SSSR count). The van der Waals surface area contributed by atoms with Crippen molar-refractivity contribution in [2.45, 2.75) is 45.6 Å². The largest absolute Gasteiger partial charge is 0.435 e. The molecule has 2 aromatic heterocycles. The molecule has 1 aliphatic heterocycles. The van der Waals surface area contributed by atoms with E-state index >= 15 is 0 Å². The van der Waals surface area contributed by atoms with Gasteiger partial charge < -0.3 is 9.32 Å². The number of nitrogens with zero attached hydrogens (tertiary/aromatic N) is 3. The normalized spacial score (nSPS) is 18.6. The molecule has 1 fully saturated rings. The summed E-state index contributed by atoms with van der Waals surface area (Å²) in [6, 6.07) is -0.241. The number of carbonyl (C=O) groups is 1. The maximum atomic E-state index is 12.8. The molecule has 1 aliphatic rings. The van der Waals surface area contributed by atoms with E-state index in [-0.39, 0.29) is 23.4 Å². The molecule has 1 unspecified atom stereocenters. The highest BCUT2D eigenvalue weighted by molar-refractivity contribution is 5.92. The second kappa shape index (κ2) is 5.78. The molecular formula is C14H19N5O3. The van der Waals surface area contributed by atoms with Crippen LogP contribution in [0.25, 0.3) is 0 Å². The van der Waals surface area contributed by atoms with Crippen LogP contribution in [0.3, 0.4) is 0 Å². The number of hydrogen-bond acceptors (Lipinski definition) is 5. The summed E-state index contributed by atoms with van der Waals surface area (Å²) >= 11 is 0. The number of oxazole rings is 1. The van der Waals surface area contributed by atoms with Gasteiger partial charge in [0.15, 0.2) is 11.7 Å². The lowest BCUT2D eigenvalue weighted by molar-refractivity contribution is 0.0565. The van der Waals surface area contributed by atoms with Crippen LogP contribution in [0.1, 0.15) is 60.2 Å². The number of rotatable bonds is 3. The summed E-state index contributed by atoms with van der Waals surface area (Å²) < 4.78 is 5.57. The third kappa shape index (κ3) is 2.56. The Bertz CT molecular complexity index is 729.